The summed E-state index contributed by atoms with van der Waals surface area (Å²) in [4.78, 5) is 44.5. The number of rotatable bonds is 7. The van der Waals surface area contributed by atoms with E-state index in [2.05, 4.69) is 10.6 Å². The van der Waals surface area contributed by atoms with Crippen LogP contribution in [0.2, 0.25) is 0 Å². The van der Waals surface area contributed by atoms with Gasteiger partial charge in [0.05, 0.1) is 18.0 Å². The van der Waals surface area contributed by atoms with E-state index < -0.39 is 29.9 Å². The smallest absolute Gasteiger partial charge is 0.320 e. The number of nitrogens with one attached hydrogen (secondary N) is 2. The van der Waals surface area contributed by atoms with E-state index in [4.69, 9.17) is 5.73 Å². The number of nitrogens with zero attached hydrogens (tertiary/aromatic N) is 2. The molecule has 5 aliphatic rings. The van der Waals surface area contributed by atoms with Gasteiger partial charge in [-0.25, -0.2) is 4.79 Å². The van der Waals surface area contributed by atoms with Gasteiger partial charge in [0, 0.05) is 24.8 Å². The molecule has 2 aromatic carbocycles. The van der Waals surface area contributed by atoms with E-state index in [9.17, 15) is 19.5 Å². The summed E-state index contributed by atoms with van der Waals surface area (Å²) in [6.07, 6.45) is 7.18. The molecule has 4 fully saturated rings. The van der Waals surface area contributed by atoms with Gasteiger partial charge in [0.15, 0.2) is 6.04 Å². The highest BCUT2D eigenvalue weighted by Gasteiger charge is 2.53. The Bertz CT molecular complexity index is 1220. The molecule has 0 saturated heterocycles. The average Bonchev–Trinajstić information content (AvgIpc) is 2.99. The summed E-state index contributed by atoms with van der Waals surface area (Å²) >= 11 is 0. The van der Waals surface area contributed by atoms with Crippen LogP contribution in [0.15, 0.2) is 54.6 Å². The third-order valence-electron chi connectivity index (χ3n) is 9.11. The molecule has 7 rings (SSSR count). The van der Waals surface area contributed by atoms with Gasteiger partial charge in [-0.15, -0.1) is 0 Å². The third kappa shape index (κ3) is 5.01. The Labute approximate surface area is 228 Å². The molecule has 1 heterocycles. The van der Waals surface area contributed by atoms with Crippen LogP contribution in [-0.2, 0) is 9.59 Å². The number of anilines is 3. The maximum absolute atomic E-state index is 14.3. The molecule has 0 unspecified atom stereocenters. The summed E-state index contributed by atoms with van der Waals surface area (Å²) < 4.78 is 0. The molecule has 9 heteroatoms. The Morgan fingerprint density at radius 1 is 0.897 bits per heavy atom. The Balaban J connectivity index is 1.35. The van der Waals surface area contributed by atoms with Crippen molar-refractivity contribution >= 4 is 34.9 Å². The van der Waals surface area contributed by atoms with E-state index in [1.807, 2.05) is 30.3 Å². The van der Waals surface area contributed by atoms with Crippen molar-refractivity contribution in [3.63, 3.8) is 0 Å². The summed E-state index contributed by atoms with van der Waals surface area (Å²) in [5, 5.41) is 15.1. The number of nitrogens with two attached hydrogens (primary N) is 1. The van der Waals surface area contributed by atoms with E-state index in [0.717, 1.165) is 19.3 Å². The van der Waals surface area contributed by atoms with Crippen molar-refractivity contribution in [1.82, 2.24) is 5.32 Å². The summed E-state index contributed by atoms with van der Waals surface area (Å²) in [5.74, 6) is 1.12. The highest BCUT2D eigenvalue weighted by atomic mass is 16.3. The van der Waals surface area contributed by atoms with Crippen LogP contribution in [0.25, 0.3) is 0 Å². The Hall–Kier alpha value is -3.43. The molecule has 5 N–H and O–H groups in total. The van der Waals surface area contributed by atoms with Gasteiger partial charge in [-0.1, -0.05) is 30.3 Å². The summed E-state index contributed by atoms with van der Waals surface area (Å²) in [6, 6.07) is 13.5. The normalized spacial score (nSPS) is 30.1. The Morgan fingerprint density at radius 2 is 1.44 bits per heavy atom. The number of aliphatic hydroxyl groups is 1. The highest BCUT2D eigenvalue weighted by Crippen LogP contribution is 2.60. The second kappa shape index (κ2) is 10.3. The molecule has 0 spiro atoms. The topological polar surface area (TPSA) is 128 Å². The molecule has 0 aromatic heterocycles. The van der Waals surface area contributed by atoms with Gasteiger partial charge in [-0.2, -0.15) is 0 Å². The molecule has 39 heavy (non-hydrogen) atoms. The van der Waals surface area contributed by atoms with Crippen LogP contribution in [0.1, 0.15) is 38.5 Å². The number of carbonyl (C=O) groups excluding carboxylic acids is 3. The minimum absolute atomic E-state index is 0.0172. The molecule has 2 atom stereocenters. The SMILES string of the molecule is N[C@@H](CO)CN1C(=O)[C@H](NC(=O)Nc2ccccc2)C(=O)N(CC23CC4CC(CC(C4)C2)C3)c2ccccc21. The quantitative estimate of drug-likeness (QED) is 0.408. The van der Waals surface area contributed by atoms with Gasteiger partial charge in [0.25, 0.3) is 11.8 Å². The third-order valence-corrected chi connectivity index (χ3v) is 9.11. The van der Waals surface area contributed by atoms with Crippen LogP contribution in [0.5, 0.6) is 0 Å². The zero-order valence-corrected chi connectivity index (χ0v) is 22.1. The number of hydrogen-bond acceptors (Lipinski definition) is 5. The first-order valence-electron chi connectivity index (χ1n) is 14.0. The lowest BCUT2D eigenvalue weighted by Crippen LogP contribution is -2.59. The molecular weight excluding hydrogens is 494 g/mol. The molecule has 0 radical (unpaired) electrons. The van der Waals surface area contributed by atoms with E-state index >= 15 is 0 Å². The molecule has 1 aliphatic heterocycles. The van der Waals surface area contributed by atoms with Crippen molar-refractivity contribution in [3.05, 3.63) is 54.6 Å². The van der Waals surface area contributed by atoms with Crippen LogP contribution in [-0.4, -0.2) is 54.7 Å². The molecule has 4 aliphatic carbocycles. The number of urea groups is 1. The van der Waals surface area contributed by atoms with Crippen molar-refractivity contribution in [2.24, 2.45) is 28.9 Å². The minimum atomic E-state index is -1.43. The number of carbonyl (C=O) groups is 3. The standard InChI is InChI=1S/C30H37N5O4/c31-22(17-36)16-34-24-8-4-5-9-25(24)35(18-30-13-19-10-20(14-30)12-21(11-19)15-30)28(38)26(27(34)37)33-29(39)32-23-6-2-1-3-7-23/h1-9,19-22,26,36H,10-18,31H2,(H2,32,33,39)/t19?,20?,21?,22-,26+,30?/m1/s1. The number of amides is 4. The Kier molecular flexibility index (Phi) is 6.81. The maximum atomic E-state index is 14.3. The zero-order chi connectivity index (χ0) is 27.1. The van der Waals surface area contributed by atoms with Gasteiger partial charge in [0.1, 0.15) is 0 Å². The first kappa shape index (κ1) is 25.8. The molecule has 4 saturated carbocycles. The number of aliphatic hydroxyl groups excluding tert-OH is 1. The number of fused-ring (bicyclic) bond motifs is 1. The van der Waals surface area contributed by atoms with Crippen molar-refractivity contribution < 1.29 is 19.5 Å². The molecule has 206 valence electrons. The van der Waals surface area contributed by atoms with E-state index in [0.29, 0.717) is 41.4 Å². The second-order valence-electron chi connectivity index (χ2n) is 12.1. The van der Waals surface area contributed by atoms with E-state index in [1.54, 1.807) is 29.2 Å². The summed E-state index contributed by atoms with van der Waals surface area (Å²) in [5.41, 5.74) is 7.87. The lowest BCUT2D eigenvalue weighted by atomic mass is 9.49. The summed E-state index contributed by atoms with van der Waals surface area (Å²) in [6.45, 7) is 0.227. The van der Waals surface area contributed by atoms with Gasteiger partial charge < -0.3 is 31.3 Å². The van der Waals surface area contributed by atoms with Crippen LogP contribution in [0, 0.1) is 23.2 Å². The Morgan fingerprint density at radius 3 is 2.03 bits per heavy atom. The average molecular weight is 532 g/mol. The van der Waals surface area contributed by atoms with Gasteiger partial charge in [0.2, 0.25) is 0 Å². The fourth-order valence-corrected chi connectivity index (χ4v) is 7.98. The molecule has 4 amide bonds. The predicted octanol–water partition coefficient (Wildman–Crippen LogP) is 3.09. The first-order valence-corrected chi connectivity index (χ1v) is 14.0. The van der Waals surface area contributed by atoms with Gasteiger partial charge >= 0.3 is 6.03 Å². The zero-order valence-electron chi connectivity index (χ0n) is 22.1. The molecule has 9 nitrogen and oxygen atoms in total. The monoisotopic (exact) mass is 531 g/mol. The van der Waals surface area contributed by atoms with Crippen molar-refractivity contribution in [2.75, 3.05) is 34.8 Å². The van der Waals surface area contributed by atoms with Gasteiger partial charge in [-0.3, -0.25) is 9.59 Å². The first-order chi connectivity index (χ1) is 18.8. The van der Waals surface area contributed by atoms with E-state index in [-0.39, 0.29) is 18.6 Å². The molecular formula is C30H37N5O4. The number of para-hydroxylation sites is 3. The highest BCUT2D eigenvalue weighted by molar-refractivity contribution is 6.21. The van der Waals surface area contributed by atoms with Crippen molar-refractivity contribution in [2.45, 2.75) is 50.6 Å². The van der Waals surface area contributed by atoms with E-state index in [1.165, 1.54) is 24.2 Å². The number of hydrogen-bond donors (Lipinski definition) is 4. The number of benzene rings is 2. The molecule has 2 aromatic rings. The van der Waals surface area contributed by atoms with Gasteiger partial charge in [-0.05, 0) is 86.0 Å². The lowest BCUT2D eigenvalue weighted by molar-refractivity contribution is -0.129. The van der Waals surface area contributed by atoms with Crippen LogP contribution >= 0.6 is 0 Å². The van der Waals surface area contributed by atoms with Crippen LogP contribution in [0.4, 0.5) is 21.9 Å². The fraction of sp³-hybridized carbons (Fsp3) is 0.500. The minimum Gasteiger partial charge on any atom is -0.395 e. The predicted molar refractivity (Wildman–Crippen MR) is 149 cm³/mol. The largest absolute Gasteiger partial charge is 0.395 e. The molecule has 4 bridgehead atoms. The summed E-state index contributed by atoms with van der Waals surface area (Å²) in [7, 11) is 0. The lowest BCUT2D eigenvalue weighted by Gasteiger charge is -2.57. The van der Waals surface area contributed by atoms with Crippen LogP contribution in [0.3, 0.4) is 0 Å². The maximum Gasteiger partial charge on any atom is 0.320 e. The van der Waals surface area contributed by atoms with Crippen LogP contribution < -0.4 is 26.2 Å². The second-order valence-corrected chi connectivity index (χ2v) is 12.1. The van der Waals surface area contributed by atoms with Crippen molar-refractivity contribution in [1.29, 1.82) is 0 Å². The fourth-order valence-electron chi connectivity index (χ4n) is 7.98. The van der Waals surface area contributed by atoms with Crippen molar-refractivity contribution in [3.8, 4) is 0 Å².